The fourth-order valence-electron chi connectivity index (χ4n) is 5.53. The number of ether oxygens (including phenoxy) is 2. The Morgan fingerprint density at radius 3 is 1.45 bits per heavy atom. The minimum Gasteiger partial charge on any atom is -0.462 e. The van der Waals surface area contributed by atoms with E-state index in [1.54, 1.807) is 0 Å². The number of hydrogen-bond acceptors (Lipinski definition) is 6. The number of carbonyl (C=O) groups is 2. The lowest BCUT2D eigenvalue weighted by Gasteiger charge is -2.21. The molecule has 6 heteroatoms. The summed E-state index contributed by atoms with van der Waals surface area (Å²) >= 11 is 0. The Morgan fingerprint density at radius 1 is 0.524 bits per heavy atom. The first kappa shape index (κ1) is 40.9. The summed E-state index contributed by atoms with van der Waals surface area (Å²) in [6, 6.07) is 0. The van der Waals surface area contributed by atoms with E-state index in [1.807, 2.05) is 0 Å². The topological polar surface area (TPSA) is 76.1 Å². The van der Waals surface area contributed by atoms with Crippen molar-refractivity contribution in [3.05, 3.63) is 0 Å². The largest absolute Gasteiger partial charge is 0.462 e. The third-order valence-corrected chi connectivity index (χ3v) is 8.32. The lowest BCUT2D eigenvalue weighted by atomic mass is 10.0. The standard InChI is InChI=1S/C36H71NO5/c1-5-9-12-19-26-34(25-18-11-7-3)42-36(40)27-20-14-13-15-22-29-37(31-32-38)30-23-16-21-28-35(39)41-33(8-4)24-17-10-6-2/h33-34,38H,5-32H2,1-4H3. The predicted molar refractivity (Wildman–Crippen MR) is 177 cm³/mol. The van der Waals surface area contributed by atoms with Crippen LogP contribution in [0.25, 0.3) is 0 Å². The number of unbranched alkanes of at least 4 members (excludes halogenated alkanes) is 13. The summed E-state index contributed by atoms with van der Waals surface area (Å²) in [5.41, 5.74) is 0. The zero-order valence-corrected chi connectivity index (χ0v) is 28.5. The molecule has 0 aromatic heterocycles. The number of carbonyl (C=O) groups excluding carboxylic acids is 2. The van der Waals surface area contributed by atoms with Crippen LogP contribution in [0.1, 0.15) is 182 Å². The summed E-state index contributed by atoms with van der Waals surface area (Å²) in [5.74, 6) is -0.0560. The highest BCUT2D eigenvalue weighted by Crippen LogP contribution is 2.17. The van der Waals surface area contributed by atoms with Crippen LogP contribution in [0.15, 0.2) is 0 Å². The maximum Gasteiger partial charge on any atom is 0.306 e. The summed E-state index contributed by atoms with van der Waals surface area (Å²) in [6.45, 7) is 11.6. The molecule has 0 saturated carbocycles. The van der Waals surface area contributed by atoms with Crippen molar-refractivity contribution in [1.82, 2.24) is 4.90 Å². The highest BCUT2D eigenvalue weighted by Gasteiger charge is 2.15. The van der Waals surface area contributed by atoms with Gasteiger partial charge in [-0.2, -0.15) is 0 Å². The first-order chi connectivity index (χ1) is 20.5. The smallest absolute Gasteiger partial charge is 0.306 e. The van der Waals surface area contributed by atoms with Crippen LogP contribution in [0, 0.1) is 0 Å². The SMILES string of the molecule is CCCCCCC(CCCCC)OC(=O)CCCCCCCN(CCO)CCCCCC(=O)OC(CC)CCCCC. The van der Waals surface area contributed by atoms with Crippen molar-refractivity contribution in [3.8, 4) is 0 Å². The number of aliphatic hydroxyl groups excluding tert-OH is 1. The van der Waals surface area contributed by atoms with E-state index < -0.39 is 0 Å². The summed E-state index contributed by atoms with van der Waals surface area (Å²) < 4.78 is 11.5. The van der Waals surface area contributed by atoms with E-state index in [9.17, 15) is 14.7 Å². The van der Waals surface area contributed by atoms with Crippen LogP contribution in [0.4, 0.5) is 0 Å². The molecule has 0 rings (SSSR count). The van der Waals surface area contributed by atoms with Gasteiger partial charge >= 0.3 is 11.9 Å². The van der Waals surface area contributed by atoms with Gasteiger partial charge in [-0.3, -0.25) is 9.59 Å². The fraction of sp³-hybridized carbons (Fsp3) is 0.944. The van der Waals surface area contributed by atoms with Crippen LogP contribution in [0.3, 0.4) is 0 Å². The highest BCUT2D eigenvalue weighted by atomic mass is 16.5. The summed E-state index contributed by atoms with van der Waals surface area (Å²) in [7, 11) is 0. The van der Waals surface area contributed by atoms with Crippen molar-refractivity contribution in [2.45, 2.75) is 194 Å². The Labute approximate surface area is 261 Å². The van der Waals surface area contributed by atoms with E-state index in [0.717, 1.165) is 103 Å². The van der Waals surface area contributed by atoms with Gasteiger partial charge in [0, 0.05) is 19.4 Å². The Kier molecular flexibility index (Phi) is 30.4. The average molecular weight is 598 g/mol. The Bertz CT molecular complexity index is 599. The summed E-state index contributed by atoms with van der Waals surface area (Å²) in [4.78, 5) is 27.0. The molecule has 42 heavy (non-hydrogen) atoms. The highest BCUT2D eigenvalue weighted by molar-refractivity contribution is 5.69. The quantitative estimate of drug-likeness (QED) is 0.0615. The molecule has 0 aliphatic rings. The van der Waals surface area contributed by atoms with Crippen molar-refractivity contribution in [2.24, 2.45) is 0 Å². The van der Waals surface area contributed by atoms with Crippen LogP contribution >= 0.6 is 0 Å². The molecule has 0 fully saturated rings. The van der Waals surface area contributed by atoms with Crippen LogP contribution in [-0.4, -0.2) is 60.4 Å². The monoisotopic (exact) mass is 598 g/mol. The Balaban J connectivity index is 3.99. The summed E-state index contributed by atoms with van der Waals surface area (Å²) in [5, 5.41) is 9.47. The van der Waals surface area contributed by atoms with Gasteiger partial charge in [0.1, 0.15) is 12.2 Å². The number of esters is 2. The zero-order chi connectivity index (χ0) is 31.1. The molecular formula is C36H71NO5. The molecule has 0 radical (unpaired) electrons. The third-order valence-electron chi connectivity index (χ3n) is 8.32. The summed E-state index contributed by atoms with van der Waals surface area (Å²) in [6.07, 6.45) is 25.5. The first-order valence-electron chi connectivity index (χ1n) is 18.2. The zero-order valence-electron chi connectivity index (χ0n) is 28.5. The molecule has 0 heterocycles. The minimum atomic E-state index is -0.0481. The van der Waals surface area contributed by atoms with Crippen molar-refractivity contribution in [2.75, 3.05) is 26.2 Å². The second-order valence-electron chi connectivity index (χ2n) is 12.4. The number of nitrogens with zero attached hydrogens (tertiary/aromatic N) is 1. The van der Waals surface area contributed by atoms with Gasteiger partial charge in [-0.05, 0) is 83.7 Å². The van der Waals surface area contributed by atoms with Crippen molar-refractivity contribution in [3.63, 3.8) is 0 Å². The lowest BCUT2D eigenvalue weighted by molar-refractivity contribution is -0.150. The number of aliphatic hydroxyl groups is 1. The molecule has 1 N–H and O–H groups in total. The van der Waals surface area contributed by atoms with E-state index >= 15 is 0 Å². The van der Waals surface area contributed by atoms with Gasteiger partial charge in [-0.1, -0.05) is 98.3 Å². The molecule has 250 valence electrons. The van der Waals surface area contributed by atoms with Gasteiger partial charge in [0.15, 0.2) is 0 Å². The predicted octanol–water partition coefficient (Wildman–Crippen LogP) is 9.55. The van der Waals surface area contributed by atoms with Crippen molar-refractivity contribution in [1.29, 1.82) is 0 Å². The van der Waals surface area contributed by atoms with Crippen LogP contribution in [-0.2, 0) is 19.1 Å². The lowest BCUT2D eigenvalue weighted by Crippen LogP contribution is -2.29. The number of rotatable bonds is 32. The van der Waals surface area contributed by atoms with Gasteiger partial charge in [-0.15, -0.1) is 0 Å². The van der Waals surface area contributed by atoms with Crippen LogP contribution < -0.4 is 0 Å². The molecule has 0 saturated heterocycles. The van der Waals surface area contributed by atoms with E-state index in [2.05, 4.69) is 32.6 Å². The van der Waals surface area contributed by atoms with Gasteiger partial charge in [0.2, 0.25) is 0 Å². The molecule has 2 unspecified atom stereocenters. The second-order valence-corrected chi connectivity index (χ2v) is 12.4. The second kappa shape index (κ2) is 31.3. The normalized spacial score (nSPS) is 12.9. The van der Waals surface area contributed by atoms with E-state index in [0.29, 0.717) is 19.4 Å². The van der Waals surface area contributed by atoms with E-state index in [4.69, 9.17) is 9.47 Å². The van der Waals surface area contributed by atoms with Gasteiger partial charge < -0.3 is 19.5 Å². The third kappa shape index (κ3) is 26.5. The first-order valence-corrected chi connectivity index (χ1v) is 18.2. The molecule has 2 atom stereocenters. The van der Waals surface area contributed by atoms with Gasteiger partial charge in [-0.25, -0.2) is 0 Å². The molecule has 0 aromatic carbocycles. The van der Waals surface area contributed by atoms with E-state index in [1.165, 1.54) is 51.4 Å². The molecule has 0 aliphatic carbocycles. The van der Waals surface area contributed by atoms with Gasteiger partial charge in [0.25, 0.3) is 0 Å². The van der Waals surface area contributed by atoms with Gasteiger partial charge in [0.05, 0.1) is 6.61 Å². The van der Waals surface area contributed by atoms with Crippen LogP contribution in [0.5, 0.6) is 0 Å². The van der Waals surface area contributed by atoms with Crippen molar-refractivity contribution < 1.29 is 24.2 Å². The molecule has 0 aromatic rings. The maximum absolute atomic E-state index is 12.4. The van der Waals surface area contributed by atoms with Crippen LogP contribution in [0.2, 0.25) is 0 Å². The Morgan fingerprint density at radius 2 is 0.929 bits per heavy atom. The van der Waals surface area contributed by atoms with Crippen molar-refractivity contribution >= 4 is 11.9 Å². The molecule has 0 aliphatic heterocycles. The maximum atomic E-state index is 12.4. The number of hydrogen-bond donors (Lipinski definition) is 1. The molecular weight excluding hydrogens is 526 g/mol. The Hall–Kier alpha value is -1.14. The molecule has 0 amide bonds. The molecule has 6 nitrogen and oxygen atoms in total. The minimum absolute atomic E-state index is 0.00784. The molecule has 0 bridgehead atoms. The average Bonchev–Trinajstić information content (AvgIpc) is 2.98. The van der Waals surface area contributed by atoms with E-state index in [-0.39, 0.29) is 30.8 Å². The fourth-order valence-corrected chi connectivity index (χ4v) is 5.53. The molecule has 0 spiro atoms.